The monoisotopic (exact) mass is 587 g/mol. The number of hydrogen-bond acceptors (Lipinski definition) is 5. The molecule has 3 amide bonds. The molecule has 9 nitrogen and oxygen atoms in total. The van der Waals surface area contributed by atoms with Crippen LogP contribution in [0.5, 0.6) is 5.75 Å². The van der Waals surface area contributed by atoms with E-state index in [1.165, 1.54) is 76.3 Å². The zero-order valence-electron chi connectivity index (χ0n) is 25.6. The van der Waals surface area contributed by atoms with Crippen LogP contribution in [-0.4, -0.2) is 64.0 Å². The second-order valence-corrected chi connectivity index (χ2v) is 11.6. The van der Waals surface area contributed by atoms with Crippen LogP contribution in [0, 0.1) is 0 Å². The molecule has 1 heterocycles. The number of aromatic hydroxyl groups is 1. The van der Waals surface area contributed by atoms with Crippen LogP contribution >= 0.6 is 0 Å². The number of carboxylic acid groups (broad SMARTS) is 1. The van der Waals surface area contributed by atoms with Crippen LogP contribution < -0.4 is 10.6 Å². The number of nitrogens with one attached hydrogen (secondary N) is 2. The fourth-order valence-corrected chi connectivity index (χ4v) is 5.54. The average Bonchev–Trinajstić information content (AvgIpc) is 3.47. The van der Waals surface area contributed by atoms with E-state index in [4.69, 9.17) is 0 Å². The van der Waals surface area contributed by atoms with Gasteiger partial charge in [-0.1, -0.05) is 96.1 Å². The summed E-state index contributed by atoms with van der Waals surface area (Å²) >= 11 is 0. The molecule has 1 aliphatic rings. The number of likely N-dealkylation sites (tertiary alicyclic amines) is 1. The Labute approximate surface area is 251 Å². The topological polar surface area (TPSA) is 136 Å². The molecule has 236 valence electrons. The zero-order chi connectivity index (χ0) is 30.6. The molecular weight excluding hydrogens is 534 g/mol. The minimum atomic E-state index is -1.16. The van der Waals surface area contributed by atoms with Gasteiger partial charge in [0.1, 0.15) is 17.8 Å². The van der Waals surface area contributed by atoms with Gasteiger partial charge in [0.05, 0.1) is 6.54 Å². The number of amides is 3. The third-order valence-corrected chi connectivity index (χ3v) is 8.08. The number of carbonyl (C=O) groups excluding carboxylic acids is 3. The highest BCUT2D eigenvalue weighted by Crippen LogP contribution is 2.20. The smallest absolute Gasteiger partial charge is 0.326 e. The van der Waals surface area contributed by atoms with Crippen LogP contribution in [-0.2, 0) is 25.6 Å². The quantitative estimate of drug-likeness (QED) is 0.133. The van der Waals surface area contributed by atoms with E-state index in [2.05, 4.69) is 17.6 Å². The van der Waals surface area contributed by atoms with Crippen molar-refractivity contribution in [3.63, 3.8) is 0 Å². The molecule has 42 heavy (non-hydrogen) atoms. The van der Waals surface area contributed by atoms with Crippen molar-refractivity contribution in [1.82, 2.24) is 15.5 Å². The maximum absolute atomic E-state index is 12.8. The molecule has 9 heteroatoms. The minimum Gasteiger partial charge on any atom is -0.508 e. The van der Waals surface area contributed by atoms with E-state index in [0.717, 1.165) is 31.2 Å². The number of phenolic OH excluding ortho intramolecular Hbond substituents is 1. The Kier molecular flexibility index (Phi) is 17.3. The summed E-state index contributed by atoms with van der Waals surface area (Å²) in [5.41, 5.74) is 0.839. The molecule has 0 spiro atoms. The Morgan fingerprint density at radius 2 is 1.45 bits per heavy atom. The number of nitrogens with zero attached hydrogens (tertiary/aromatic N) is 1. The van der Waals surface area contributed by atoms with Gasteiger partial charge in [-0.3, -0.25) is 14.4 Å². The number of hydrogen-bond donors (Lipinski definition) is 4. The van der Waals surface area contributed by atoms with Crippen LogP contribution in [0.25, 0.3) is 0 Å². The van der Waals surface area contributed by atoms with Gasteiger partial charge in [0.2, 0.25) is 17.7 Å². The Morgan fingerprint density at radius 3 is 2.02 bits per heavy atom. The predicted molar refractivity (Wildman–Crippen MR) is 164 cm³/mol. The van der Waals surface area contributed by atoms with Gasteiger partial charge >= 0.3 is 5.97 Å². The summed E-state index contributed by atoms with van der Waals surface area (Å²) in [6.07, 6.45) is 18.5. The molecule has 0 aliphatic carbocycles. The van der Waals surface area contributed by atoms with Gasteiger partial charge in [-0.05, 0) is 49.8 Å². The number of rotatable bonds is 22. The van der Waals surface area contributed by atoms with E-state index in [1.807, 2.05) is 0 Å². The molecular formula is C33H53N3O6. The molecule has 1 aromatic rings. The average molecular weight is 588 g/mol. The molecule has 0 unspecified atom stereocenters. The largest absolute Gasteiger partial charge is 0.508 e. The molecule has 1 aliphatic heterocycles. The first-order valence-corrected chi connectivity index (χ1v) is 16.2. The lowest BCUT2D eigenvalue weighted by atomic mass is 10.0. The molecule has 1 saturated heterocycles. The van der Waals surface area contributed by atoms with Crippen molar-refractivity contribution in [3.8, 4) is 5.75 Å². The number of phenols is 1. The molecule has 2 rings (SSSR count). The highest BCUT2D eigenvalue weighted by Gasteiger charge is 2.33. The fraction of sp³-hybridized carbons (Fsp3) is 0.697. The fourth-order valence-electron chi connectivity index (χ4n) is 5.54. The lowest BCUT2D eigenvalue weighted by Gasteiger charge is -2.24. The van der Waals surface area contributed by atoms with Gasteiger partial charge in [-0.25, -0.2) is 4.79 Å². The van der Waals surface area contributed by atoms with Crippen molar-refractivity contribution < 1.29 is 29.4 Å². The number of aryl methyl sites for hydroxylation is 1. The summed E-state index contributed by atoms with van der Waals surface area (Å²) in [5, 5.41) is 23.9. The number of benzene rings is 1. The van der Waals surface area contributed by atoms with Crippen LogP contribution in [0.2, 0.25) is 0 Å². The second-order valence-electron chi connectivity index (χ2n) is 11.6. The highest BCUT2D eigenvalue weighted by molar-refractivity contribution is 5.92. The lowest BCUT2D eigenvalue weighted by Crippen LogP contribution is -2.50. The van der Waals surface area contributed by atoms with Crippen molar-refractivity contribution in [1.29, 1.82) is 0 Å². The first-order valence-electron chi connectivity index (χ1n) is 16.2. The van der Waals surface area contributed by atoms with Crippen molar-refractivity contribution in [2.75, 3.05) is 13.1 Å². The van der Waals surface area contributed by atoms with Gasteiger partial charge in [0, 0.05) is 13.0 Å². The van der Waals surface area contributed by atoms with Crippen LogP contribution in [0.4, 0.5) is 0 Å². The standard InChI is InChI=1S/C33H53N3O6/c1-2-3-4-5-6-7-8-9-10-11-12-13-14-17-31(39)36-24-15-16-29(36)32(40)34-25-30(38)35-28(33(41)42)23-20-26-18-21-27(37)22-19-26/h18-19,21-22,28-29,37H,2-17,20,23-25H2,1H3,(H,34,40)(H,35,38)(H,41,42)/t28-,29-/m0/s1. The van der Waals surface area contributed by atoms with E-state index < -0.39 is 24.0 Å². The number of aliphatic carboxylic acids is 1. The first kappa shape index (κ1) is 35.1. The zero-order valence-corrected chi connectivity index (χ0v) is 25.6. The second kappa shape index (κ2) is 20.7. The molecule has 0 aromatic heterocycles. The van der Waals surface area contributed by atoms with E-state index >= 15 is 0 Å². The molecule has 0 radical (unpaired) electrons. The third kappa shape index (κ3) is 14.2. The van der Waals surface area contributed by atoms with E-state index in [1.54, 1.807) is 17.0 Å². The predicted octanol–water partition coefficient (Wildman–Crippen LogP) is 5.48. The van der Waals surface area contributed by atoms with Gasteiger partial charge < -0.3 is 25.7 Å². The Morgan fingerprint density at radius 1 is 0.881 bits per heavy atom. The van der Waals surface area contributed by atoms with Crippen molar-refractivity contribution in [2.45, 2.75) is 135 Å². The van der Waals surface area contributed by atoms with E-state index in [0.29, 0.717) is 25.8 Å². The Hall–Kier alpha value is -3.10. The lowest BCUT2D eigenvalue weighted by molar-refractivity contribution is -0.142. The highest BCUT2D eigenvalue weighted by atomic mass is 16.4. The molecule has 4 N–H and O–H groups in total. The summed E-state index contributed by atoms with van der Waals surface area (Å²) in [6, 6.07) is 4.75. The van der Waals surface area contributed by atoms with Gasteiger partial charge in [-0.2, -0.15) is 0 Å². The summed E-state index contributed by atoms with van der Waals surface area (Å²) in [7, 11) is 0. The van der Waals surface area contributed by atoms with Crippen LogP contribution in [0.15, 0.2) is 24.3 Å². The van der Waals surface area contributed by atoms with Gasteiger partial charge in [-0.15, -0.1) is 0 Å². The van der Waals surface area contributed by atoms with Gasteiger partial charge in [0.25, 0.3) is 0 Å². The third-order valence-electron chi connectivity index (χ3n) is 8.08. The molecule has 1 fully saturated rings. The maximum Gasteiger partial charge on any atom is 0.326 e. The summed E-state index contributed by atoms with van der Waals surface area (Å²) in [6.45, 7) is 2.44. The van der Waals surface area contributed by atoms with Crippen LogP contribution in [0.1, 0.15) is 122 Å². The maximum atomic E-state index is 12.8. The Bertz CT molecular complexity index is 952. The van der Waals surface area contributed by atoms with E-state index in [-0.39, 0.29) is 30.5 Å². The summed E-state index contributed by atoms with van der Waals surface area (Å²) < 4.78 is 0. The molecule has 0 saturated carbocycles. The van der Waals surface area contributed by atoms with Crippen molar-refractivity contribution in [3.05, 3.63) is 29.8 Å². The van der Waals surface area contributed by atoms with Crippen LogP contribution in [0.3, 0.4) is 0 Å². The van der Waals surface area contributed by atoms with Crippen molar-refractivity contribution in [2.24, 2.45) is 0 Å². The number of carboxylic acids is 1. The number of unbranched alkanes of at least 4 members (excludes halogenated alkanes) is 12. The normalized spacial score (nSPS) is 15.4. The number of carbonyl (C=O) groups is 4. The van der Waals surface area contributed by atoms with E-state index in [9.17, 15) is 29.4 Å². The molecule has 2 atom stereocenters. The molecule has 0 bridgehead atoms. The SMILES string of the molecule is CCCCCCCCCCCCCCCC(=O)N1CCC[C@H]1C(=O)NCC(=O)N[C@@H](CCc1ccc(O)cc1)C(=O)O. The van der Waals surface area contributed by atoms with Crippen molar-refractivity contribution >= 4 is 23.7 Å². The minimum absolute atomic E-state index is 0.0136. The first-order chi connectivity index (χ1) is 20.3. The summed E-state index contributed by atoms with van der Waals surface area (Å²) in [4.78, 5) is 51.3. The van der Waals surface area contributed by atoms with Gasteiger partial charge in [0.15, 0.2) is 0 Å². The Balaban J connectivity index is 1.60. The summed E-state index contributed by atoms with van der Waals surface area (Å²) in [5.74, 6) is -2.02. The molecule has 1 aromatic carbocycles.